The zero-order chi connectivity index (χ0) is 14.6. The Morgan fingerprint density at radius 3 is 2.63 bits per heavy atom. The maximum Gasteiger partial charge on any atom is 0.319 e. The van der Waals surface area contributed by atoms with E-state index in [0.717, 1.165) is 5.56 Å². The lowest BCUT2D eigenvalue weighted by Gasteiger charge is -2.15. The molecule has 1 unspecified atom stereocenters. The second kappa shape index (κ2) is 6.14. The van der Waals surface area contributed by atoms with E-state index in [2.05, 4.69) is 10.6 Å². The molecule has 7 heteroatoms. The van der Waals surface area contributed by atoms with Gasteiger partial charge >= 0.3 is 6.03 Å². The van der Waals surface area contributed by atoms with Crippen molar-refractivity contribution in [3.63, 3.8) is 0 Å². The second-order valence-electron chi connectivity index (χ2n) is 4.34. The molecule has 19 heavy (non-hydrogen) atoms. The van der Waals surface area contributed by atoms with E-state index in [9.17, 15) is 14.9 Å². The maximum atomic E-state index is 11.7. The van der Waals surface area contributed by atoms with Gasteiger partial charge in [0.2, 0.25) is 0 Å². The van der Waals surface area contributed by atoms with Crippen LogP contribution >= 0.6 is 0 Å². The average molecular weight is 267 g/mol. The molecule has 0 heterocycles. The molecule has 0 bridgehead atoms. The lowest BCUT2D eigenvalue weighted by atomic mass is 10.1. The molecule has 0 aliphatic carbocycles. The fourth-order valence-electron chi connectivity index (χ4n) is 1.65. The predicted molar refractivity (Wildman–Crippen MR) is 71.3 cm³/mol. The maximum absolute atomic E-state index is 11.7. The molecular formula is C12H17N3O4. The number of benzene rings is 1. The van der Waals surface area contributed by atoms with Gasteiger partial charge in [-0.1, -0.05) is 6.07 Å². The van der Waals surface area contributed by atoms with Crippen molar-refractivity contribution >= 4 is 17.4 Å². The number of nitrogens with one attached hydrogen (secondary N) is 2. The third-order valence-corrected chi connectivity index (χ3v) is 2.73. The summed E-state index contributed by atoms with van der Waals surface area (Å²) in [5.41, 5.74) is 1.50. The van der Waals surface area contributed by atoms with Crippen LogP contribution < -0.4 is 10.6 Å². The number of urea groups is 1. The molecule has 0 aliphatic heterocycles. The highest BCUT2D eigenvalue weighted by Crippen LogP contribution is 2.28. The van der Waals surface area contributed by atoms with E-state index in [1.165, 1.54) is 6.07 Å². The van der Waals surface area contributed by atoms with Crippen molar-refractivity contribution in [1.29, 1.82) is 0 Å². The molecule has 0 saturated carbocycles. The van der Waals surface area contributed by atoms with Gasteiger partial charge in [-0.3, -0.25) is 10.1 Å². The fourth-order valence-corrected chi connectivity index (χ4v) is 1.65. The topological polar surface area (TPSA) is 105 Å². The van der Waals surface area contributed by atoms with Gasteiger partial charge in [-0.25, -0.2) is 4.79 Å². The van der Waals surface area contributed by atoms with Crippen molar-refractivity contribution in [2.24, 2.45) is 0 Å². The van der Waals surface area contributed by atoms with Crippen molar-refractivity contribution in [3.8, 4) is 0 Å². The van der Waals surface area contributed by atoms with Crippen molar-refractivity contribution in [1.82, 2.24) is 5.32 Å². The molecule has 7 nitrogen and oxygen atoms in total. The van der Waals surface area contributed by atoms with E-state index < -0.39 is 11.0 Å². The van der Waals surface area contributed by atoms with E-state index in [-0.39, 0.29) is 18.3 Å². The van der Waals surface area contributed by atoms with Crippen molar-refractivity contribution in [3.05, 3.63) is 33.4 Å². The number of anilines is 1. The van der Waals surface area contributed by atoms with Crippen LogP contribution in [0.25, 0.3) is 0 Å². The number of carbonyl (C=O) groups excluding carboxylic acids is 1. The summed E-state index contributed by atoms with van der Waals surface area (Å²) in [5.74, 6) is 0. The predicted octanol–water partition coefficient (Wildman–Crippen LogP) is 1.71. The number of nitro benzene ring substituents is 1. The standard InChI is InChI=1S/C12H17N3O4/c1-7-4-5-10(15(18)19)9(3)11(7)14-12(17)13-8(2)6-16/h4-5,8,16H,6H2,1-3H3,(H2,13,14,17). The Kier molecular flexibility index (Phi) is 4.82. The molecule has 0 aromatic heterocycles. The van der Waals surface area contributed by atoms with Crippen LogP contribution in [-0.4, -0.2) is 28.7 Å². The third kappa shape index (κ3) is 3.65. The van der Waals surface area contributed by atoms with Gasteiger partial charge in [0, 0.05) is 6.07 Å². The van der Waals surface area contributed by atoms with Gasteiger partial charge in [0.25, 0.3) is 5.69 Å². The van der Waals surface area contributed by atoms with Crippen molar-refractivity contribution in [2.45, 2.75) is 26.8 Å². The molecule has 1 rings (SSSR count). The van der Waals surface area contributed by atoms with Crippen molar-refractivity contribution < 1.29 is 14.8 Å². The first-order chi connectivity index (χ1) is 8.86. The summed E-state index contributed by atoms with van der Waals surface area (Å²) in [4.78, 5) is 22.0. The van der Waals surface area contributed by atoms with Gasteiger partial charge in [0.15, 0.2) is 0 Å². The second-order valence-corrected chi connectivity index (χ2v) is 4.34. The highest BCUT2D eigenvalue weighted by atomic mass is 16.6. The summed E-state index contributed by atoms with van der Waals surface area (Å²) in [6, 6.07) is 2.09. The number of rotatable bonds is 4. The monoisotopic (exact) mass is 267 g/mol. The molecule has 0 radical (unpaired) electrons. The summed E-state index contributed by atoms with van der Waals surface area (Å²) < 4.78 is 0. The minimum atomic E-state index is -0.506. The highest BCUT2D eigenvalue weighted by molar-refractivity contribution is 5.91. The lowest BCUT2D eigenvalue weighted by Crippen LogP contribution is -2.38. The Bertz CT molecular complexity index is 502. The number of aliphatic hydroxyl groups excluding tert-OH is 1. The number of hydrogen-bond acceptors (Lipinski definition) is 4. The third-order valence-electron chi connectivity index (χ3n) is 2.73. The van der Waals surface area contributed by atoms with E-state index in [1.807, 2.05) is 0 Å². The summed E-state index contributed by atoms with van der Waals surface area (Å²) in [5, 5.41) is 24.8. The zero-order valence-electron chi connectivity index (χ0n) is 11.1. The zero-order valence-corrected chi connectivity index (χ0v) is 11.1. The largest absolute Gasteiger partial charge is 0.394 e. The summed E-state index contributed by atoms with van der Waals surface area (Å²) in [7, 11) is 0. The Hall–Kier alpha value is -2.15. The molecular weight excluding hydrogens is 250 g/mol. The molecule has 0 spiro atoms. The van der Waals surface area contributed by atoms with E-state index in [0.29, 0.717) is 11.3 Å². The molecule has 0 aliphatic rings. The Morgan fingerprint density at radius 1 is 1.47 bits per heavy atom. The minimum Gasteiger partial charge on any atom is -0.394 e. The van der Waals surface area contributed by atoms with Crippen LogP contribution in [0.5, 0.6) is 0 Å². The molecule has 0 fully saturated rings. The van der Waals surface area contributed by atoms with Crippen LogP contribution in [0.4, 0.5) is 16.2 Å². The molecule has 104 valence electrons. The number of amides is 2. The molecule has 3 N–H and O–H groups in total. The summed E-state index contributed by atoms with van der Waals surface area (Å²) in [6.07, 6.45) is 0. The first-order valence-electron chi connectivity index (χ1n) is 5.79. The molecule has 1 aromatic carbocycles. The highest BCUT2D eigenvalue weighted by Gasteiger charge is 2.17. The number of hydrogen-bond donors (Lipinski definition) is 3. The van der Waals surface area contributed by atoms with Crippen LogP contribution in [0.15, 0.2) is 12.1 Å². The summed E-state index contributed by atoms with van der Waals surface area (Å²) in [6.45, 7) is 4.80. The lowest BCUT2D eigenvalue weighted by molar-refractivity contribution is -0.385. The van der Waals surface area contributed by atoms with Crippen LogP contribution in [-0.2, 0) is 0 Å². The quantitative estimate of drug-likeness (QED) is 0.570. The first kappa shape index (κ1) is 14.9. The first-order valence-corrected chi connectivity index (χ1v) is 5.79. The van der Waals surface area contributed by atoms with Gasteiger partial charge in [-0.15, -0.1) is 0 Å². The van der Waals surface area contributed by atoms with Gasteiger partial charge < -0.3 is 15.7 Å². The van der Waals surface area contributed by atoms with Crippen LogP contribution in [0.1, 0.15) is 18.1 Å². The van der Waals surface area contributed by atoms with Gasteiger partial charge in [0.1, 0.15) is 0 Å². The Balaban J connectivity index is 2.97. The number of nitrogens with zero attached hydrogens (tertiary/aromatic N) is 1. The van der Waals surface area contributed by atoms with Crippen LogP contribution in [0.2, 0.25) is 0 Å². The number of carbonyl (C=O) groups is 1. The van der Waals surface area contributed by atoms with Crippen LogP contribution in [0, 0.1) is 24.0 Å². The summed E-state index contributed by atoms with van der Waals surface area (Å²) >= 11 is 0. The van der Waals surface area contributed by atoms with Crippen LogP contribution in [0.3, 0.4) is 0 Å². The van der Waals surface area contributed by atoms with Gasteiger partial charge in [0.05, 0.1) is 28.8 Å². The Labute approximate surface area is 110 Å². The fraction of sp³-hybridized carbons (Fsp3) is 0.417. The number of aryl methyl sites for hydroxylation is 1. The Morgan fingerprint density at radius 2 is 2.11 bits per heavy atom. The average Bonchev–Trinajstić information content (AvgIpc) is 2.33. The van der Waals surface area contributed by atoms with E-state index in [1.54, 1.807) is 26.8 Å². The van der Waals surface area contributed by atoms with Gasteiger partial charge in [-0.05, 0) is 26.3 Å². The molecule has 1 atom stereocenters. The van der Waals surface area contributed by atoms with E-state index >= 15 is 0 Å². The van der Waals surface area contributed by atoms with Crippen molar-refractivity contribution in [2.75, 3.05) is 11.9 Å². The van der Waals surface area contributed by atoms with E-state index in [4.69, 9.17) is 5.11 Å². The molecule has 0 saturated heterocycles. The molecule has 1 aromatic rings. The van der Waals surface area contributed by atoms with Gasteiger partial charge in [-0.2, -0.15) is 0 Å². The minimum absolute atomic E-state index is 0.0453. The number of nitro groups is 1. The number of aliphatic hydroxyl groups is 1. The molecule has 2 amide bonds. The SMILES string of the molecule is Cc1ccc([N+](=O)[O-])c(C)c1NC(=O)NC(C)CO. The smallest absolute Gasteiger partial charge is 0.319 e. The normalized spacial score (nSPS) is 11.8.